The lowest BCUT2D eigenvalue weighted by Crippen LogP contribution is -2.46. The zero-order chi connectivity index (χ0) is 16.8. The van der Waals surface area contributed by atoms with Crippen molar-refractivity contribution in [1.82, 2.24) is 15.2 Å². The molecular weight excluding hydrogens is 304 g/mol. The van der Waals surface area contributed by atoms with Crippen LogP contribution in [0.1, 0.15) is 42.2 Å². The first-order valence-corrected chi connectivity index (χ1v) is 7.59. The highest BCUT2D eigenvalue weighted by Gasteiger charge is 2.26. The Morgan fingerprint density at radius 3 is 2.87 bits per heavy atom. The van der Waals surface area contributed by atoms with E-state index in [9.17, 15) is 9.59 Å². The van der Waals surface area contributed by atoms with Gasteiger partial charge in [0.1, 0.15) is 12.3 Å². The minimum absolute atomic E-state index is 0.0418. The van der Waals surface area contributed by atoms with Crippen LogP contribution in [-0.2, 0) is 4.74 Å². The minimum atomic E-state index is -0.746. The Hall–Kier alpha value is -2.13. The van der Waals surface area contributed by atoms with Gasteiger partial charge in [0.15, 0.2) is 5.69 Å². The van der Waals surface area contributed by atoms with Crippen molar-refractivity contribution in [2.75, 3.05) is 26.3 Å². The molecule has 1 unspecified atom stereocenters. The van der Waals surface area contributed by atoms with Crippen molar-refractivity contribution in [3.63, 3.8) is 0 Å². The second-order valence-electron chi connectivity index (χ2n) is 5.29. The van der Waals surface area contributed by atoms with Crippen molar-refractivity contribution >= 4 is 12.0 Å². The molecule has 1 aliphatic heterocycles. The first-order chi connectivity index (χ1) is 11.0. The van der Waals surface area contributed by atoms with Crippen LogP contribution < -0.4 is 11.1 Å². The fraction of sp³-hybridized carbons (Fsp3) is 0.643. The molecule has 1 atom stereocenters. The molecule has 128 valence electrons. The van der Waals surface area contributed by atoms with Crippen molar-refractivity contribution in [2.24, 2.45) is 5.73 Å². The number of rotatable bonds is 5. The standard InChI is InChI=1S/C14H22N4O5/c1-2-22-14(21)18-5-3-9(4-6-18)16-12(20)11-8-23-13(17-11)10(15)7-19/h8-10,19H,2-7,15H2,1H3,(H,16,20). The first-order valence-electron chi connectivity index (χ1n) is 7.59. The van der Waals surface area contributed by atoms with Crippen molar-refractivity contribution in [3.8, 4) is 0 Å². The molecule has 0 radical (unpaired) electrons. The van der Waals surface area contributed by atoms with E-state index >= 15 is 0 Å². The van der Waals surface area contributed by atoms with Crippen LogP contribution in [0.25, 0.3) is 0 Å². The van der Waals surface area contributed by atoms with Gasteiger partial charge in [0, 0.05) is 19.1 Å². The van der Waals surface area contributed by atoms with Gasteiger partial charge in [-0.3, -0.25) is 4.79 Å². The van der Waals surface area contributed by atoms with Crippen LogP contribution in [0.5, 0.6) is 0 Å². The molecule has 9 nitrogen and oxygen atoms in total. The predicted molar refractivity (Wildman–Crippen MR) is 79.6 cm³/mol. The van der Waals surface area contributed by atoms with Gasteiger partial charge in [-0.2, -0.15) is 0 Å². The van der Waals surface area contributed by atoms with E-state index in [0.717, 1.165) is 0 Å². The highest BCUT2D eigenvalue weighted by molar-refractivity contribution is 5.92. The predicted octanol–water partition coefficient (Wildman–Crippen LogP) is 0.0174. The molecule has 0 aromatic carbocycles. The van der Waals surface area contributed by atoms with E-state index in [1.165, 1.54) is 6.26 Å². The number of hydrogen-bond donors (Lipinski definition) is 3. The molecule has 2 amide bonds. The summed E-state index contributed by atoms with van der Waals surface area (Å²) in [5.41, 5.74) is 5.69. The summed E-state index contributed by atoms with van der Waals surface area (Å²) in [6, 6.07) is -0.788. The Labute approximate surface area is 133 Å². The maximum absolute atomic E-state index is 12.1. The number of amides is 2. The maximum atomic E-state index is 12.1. The smallest absolute Gasteiger partial charge is 0.409 e. The van der Waals surface area contributed by atoms with Gasteiger partial charge in [0.2, 0.25) is 5.89 Å². The molecule has 1 aromatic heterocycles. The van der Waals surface area contributed by atoms with Crippen LogP contribution in [0.3, 0.4) is 0 Å². The van der Waals surface area contributed by atoms with Crippen molar-refractivity contribution in [2.45, 2.75) is 31.8 Å². The fourth-order valence-electron chi connectivity index (χ4n) is 2.32. The number of carbonyl (C=O) groups excluding carboxylic acids is 2. The summed E-state index contributed by atoms with van der Waals surface area (Å²) in [5.74, 6) is -0.241. The highest BCUT2D eigenvalue weighted by atomic mass is 16.6. The number of likely N-dealkylation sites (tertiary alicyclic amines) is 1. The van der Waals surface area contributed by atoms with Crippen LogP contribution in [0, 0.1) is 0 Å². The largest absolute Gasteiger partial charge is 0.450 e. The molecule has 2 rings (SSSR count). The number of ether oxygens (including phenoxy) is 1. The van der Waals surface area contributed by atoms with Crippen LogP contribution >= 0.6 is 0 Å². The Morgan fingerprint density at radius 1 is 1.57 bits per heavy atom. The van der Waals surface area contributed by atoms with Gasteiger partial charge < -0.3 is 30.2 Å². The van der Waals surface area contributed by atoms with Crippen molar-refractivity contribution in [1.29, 1.82) is 0 Å². The average Bonchev–Trinajstić information content (AvgIpc) is 3.05. The third-order valence-corrected chi connectivity index (χ3v) is 3.62. The molecule has 0 spiro atoms. The second kappa shape index (κ2) is 7.93. The van der Waals surface area contributed by atoms with Gasteiger partial charge in [-0.15, -0.1) is 0 Å². The topological polar surface area (TPSA) is 131 Å². The number of nitrogens with zero attached hydrogens (tertiary/aromatic N) is 2. The fourth-order valence-corrected chi connectivity index (χ4v) is 2.32. The molecule has 0 saturated carbocycles. The molecule has 1 aliphatic rings. The van der Waals surface area contributed by atoms with E-state index in [4.69, 9.17) is 20.0 Å². The number of nitrogens with one attached hydrogen (secondary N) is 1. The number of carbonyl (C=O) groups is 2. The zero-order valence-corrected chi connectivity index (χ0v) is 13.0. The molecular formula is C14H22N4O5. The molecule has 1 fully saturated rings. The number of oxazole rings is 1. The Morgan fingerprint density at radius 2 is 2.26 bits per heavy atom. The molecule has 0 bridgehead atoms. The number of nitrogens with two attached hydrogens (primary N) is 1. The Balaban J connectivity index is 1.83. The van der Waals surface area contributed by atoms with Crippen LogP contribution in [0.4, 0.5) is 4.79 Å². The Bertz CT molecular complexity index is 539. The van der Waals surface area contributed by atoms with Crippen LogP contribution in [0.15, 0.2) is 10.7 Å². The number of piperidine rings is 1. The summed E-state index contributed by atoms with van der Waals surface area (Å²) in [7, 11) is 0. The quantitative estimate of drug-likeness (QED) is 0.695. The molecule has 2 heterocycles. The lowest BCUT2D eigenvalue weighted by Gasteiger charge is -2.31. The SMILES string of the molecule is CCOC(=O)N1CCC(NC(=O)c2coc(C(N)CO)n2)CC1. The van der Waals surface area contributed by atoms with Gasteiger partial charge in [-0.25, -0.2) is 9.78 Å². The summed E-state index contributed by atoms with van der Waals surface area (Å²) < 4.78 is 10.0. The average molecular weight is 326 g/mol. The van der Waals surface area contributed by atoms with Crippen molar-refractivity contribution in [3.05, 3.63) is 17.8 Å². The molecule has 9 heteroatoms. The monoisotopic (exact) mass is 326 g/mol. The zero-order valence-electron chi connectivity index (χ0n) is 13.0. The minimum Gasteiger partial charge on any atom is -0.450 e. The molecule has 1 aromatic rings. The first kappa shape index (κ1) is 17.2. The number of aromatic nitrogens is 1. The van der Waals surface area contributed by atoms with Gasteiger partial charge in [0.05, 0.1) is 13.2 Å². The van der Waals surface area contributed by atoms with E-state index in [0.29, 0.717) is 32.5 Å². The van der Waals surface area contributed by atoms with Crippen LogP contribution in [-0.4, -0.2) is 59.3 Å². The summed E-state index contributed by atoms with van der Waals surface area (Å²) in [5, 5.41) is 11.8. The van der Waals surface area contributed by atoms with E-state index in [1.54, 1.807) is 11.8 Å². The normalized spacial score (nSPS) is 16.9. The van der Waals surface area contributed by atoms with Crippen LogP contribution in [0.2, 0.25) is 0 Å². The summed E-state index contributed by atoms with van der Waals surface area (Å²) in [4.78, 5) is 29.3. The van der Waals surface area contributed by atoms with E-state index < -0.39 is 6.04 Å². The van der Waals surface area contributed by atoms with E-state index in [2.05, 4.69) is 10.3 Å². The van der Waals surface area contributed by atoms with Crippen molar-refractivity contribution < 1.29 is 23.8 Å². The number of hydrogen-bond acceptors (Lipinski definition) is 7. The second-order valence-corrected chi connectivity index (χ2v) is 5.29. The summed E-state index contributed by atoms with van der Waals surface area (Å²) in [6.07, 6.45) is 2.18. The third-order valence-electron chi connectivity index (χ3n) is 3.62. The van der Waals surface area contributed by atoms with E-state index in [1.807, 2.05) is 0 Å². The molecule has 4 N–H and O–H groups in total. The lowest BCUT2D eigenvalue weighted by atomic mass is 10.1. The van der Waals surface area contributed by atoms with Gasteiger partial charge in [0.25, 0.3) is 5.91 Å². The van der Waals surface area contributed by atoms with Gasteiger partial charge in [-0.05, 0) is 19.8 Å². The Kier molecular flexibility index (Phi) is 5.94. The van der Waals surface area contributed by atoms with E-state index in [-0.39, 0.29) is 36.2 Å². The number of aliphatic hydroxyl groups is 1. The summed E-state index contributed by atoms with van der Waals surface area (Å²) in [6.45, 7) is 2.86. The molecule has 0 aliphatic carbocycles. The highest BCUT2D eigenvalue weighted by Crippen LogP contribution is 2.13. The lowest BCUT2D eigenvalue weighted by molar-refractivity contribution is 0.0856. The molecule has 1 saturated heterocycles. The third kappa shape index (κ3) is 4.42. The number of aliphatic hydroxyl groups excluding tert-OH is 1. The summed E-state index contributed by atoms with van der Waals surface area (Å²) >= 11 is 0. The van der Waals surface area contributed by atoms with Gasteiger partial charge >= 0.3 is 6.09 Å². The maximum Gasteiger partial charge on any atom is 0.409 e. The molecule has 23 heavy (non-hydrogen) atoms. The van der Waals surface area contributed by atoms with Gasteiger partial charge in [-0.1, -0.05) is 0 Å².